The number of rotatable bonds is 8. The van der Waals surface area contributed by atoms with E-state index in [0.717, 1.165) is 11.3 Å². The number of nitrogens with one attached hydrogen (secondary N) is 1. The van der Waals surface area contributed by atoms with Gasteiger partial charge in [0.25, 0.3) is 11.8 Å². The van der Waals surface area contributed by atoms with E-state index in [1.165, 1.54) is 36.1 Å². The molecule has 0 unspecified atom stereocenters. The summed E-state index contributed by atoms with van der Waals surface area (Å²) in [5.41, 5.74) is 4.90. The van der Waals surface area contributed by atoms with Gasteiger partial charge < -0.3 is 30.5 Å². The monoisotopic (exact) mass is 541 g/mol. The molecule has 4 N–H and O–H groups in total. The number of hydrogen-bond donors (Lipinski definition) is 3. The molecule has 0 radical (unpaired) electrons. The highest BCUT2D eigenvalue weighted by atomic mass is 32.2. The van der Waals surface area contributed by atoms with Gasteiger partial charge in [0.1, 0.15) is 22.8 Å². The van der Waals surface area contributed by atoms with Gasteiger partial charge in [-0.25, -0.2) is 9.78 Å². The Kier molecular flexibility index (Phi) is 8.26. The van der Waals surface area contributed by atoms with Crippen LogP contribution in [0.2, 0.25) is 0 Å². The van der Waals surface area contributed by atoms with Crippen LogP contribution in [0.4, 0.5) is 5.13 Å². The molecule has 2 aliphatic heterocycles. The molecule has 3 atom stereocenters. The van der Waals surface area contributed by atoms with Gasteiger partial charge in [-0.1, -0.05) is 5.16 Å². The second-order valence-corrected chi connectivity index (χ2v) is 10.9. The van der Waals surface area contributed by atoms with E-state index in [1.54, 1.807) is 20.8 Å². The molecule has 0 saturated carbocycles. The highest BCUT2D eigenvalue weighted by Gasteiger charge is 2.55. The third kappa shape index (κ3) is 5.63. The summed E-state index contributed by atoms with van der Waals surface area (Å²) in [6.07, 6.45) is -1.20. The quantitative estimate of drug-likeness (QED) is 0.105. The van der Waals surface area contributed by atoms with E-state index < -0.39 is 52.6 Å². The van der Waals surface area contributed by atoms with Crippen molar-refractivity contribution in [2.45, 2.75) is 45.4 Å². The predicted octanol–water partition coefficient (Wildman–Crippen LogP) is 0.683. The van der Waals surface area contributed by atoms with Gasteiger partial charge in [0.15, 0.2) is 10.8 Å². The molecule has 3 rings (SSSR count). The number of thioether (sulfide) groups is 1. The Morgan fingerprint density at radius 1 is 1.36 bits per heavy atom. The highest BCUT2D eigenvalue weighted by molar-refractivity contribution is 8.00. The number of nitrogens with zero attached hydrogens (tertiary/aromatic N) is 3. The van der Waals surface area contributed by atoms with E-state index in [0.29, 0.717) is 11.3 Å². The first-order valence-electron chi connectivity index (χ1n) is 10.7. The van der Waals surface area contributed by atoms with Crippen molar-refractivity contribution in [1.29, 1.82) is 0 Å². The molecule has 1 fully saturated rings. The topological polar surface area (TPSA) is 183 Å². The zero-order chi connectivity index (χ0) is 26.8. The molecule has 3 heterocycles. The lowest BCUT2D eigenvalue weighted by molar-refractivity contribution is -0.190. The lowest BCUT2D eigenvalue weighted by atomic mass is 9.97. The molecule has 36 heavy (non-hydrogen) atoms. The van der Waals surface area contributed by atoms with Crippen LogP contribution in [-0.2, 0) is 33.4 Å². The van der Waals surface area contributed by atoms with Crippen molar-refractivity contribution in [2.24, 2.45) is 10.6 Å². The maximum absolute atomic E-state index is 13.0. The number of fused-ring (bicyclic) bond motifs is 1. The second kappa shape index (κ2) is 10.8. The Bertz CT molecular complexity index is 1130. The molecule has 196 valence electrons. The van der Waals surface area contributed by atoms with Gasteiger partial charge in [0.2, 0.25) is 6.29 Å². The summed E-state index contributed by atoms with van der Waals surface area (Å²) in [7, 11) is 1.45. The number of ether oxygens (including phenoxy) is 3. The number of β-lactam (4-membered cyclic amide) rings is 1. The molecule has 0 bridgehead atoms. The summed E-state index contributed by atoms with van der Waals surface area (Å²) in [5, 5.41) is 15.8. The Hall–Kier alpha value is -3.17. The molecule has 15 heteroatoms. The molecule has 2 amide bonds. The zero-order valence-corrected chi connectivity index (χ0v) is 21.9. The minimum atomic E-state index is -1.20. The fourth-order valence-electron chi connectivity index (χ4n) is 3.33. The Morgan fingerprint density at radius 2 is 2.06 bits per heavy atom. The van der Waals surface area contributed by atoms with Crippen LogP contribution in [0.5, 0.6) is 0 Å². The third-order valence-electron chi connectivity index (χ3n) is 5.08. The van der Waals surface area contributed by atoms with Gasteiger partial charge >= 0.3 is 11.9 Å². The van der Waals surface area contributed by atoms with Gasteiger partial charge in [-0.05, 0) is 26.3 Å². The molecule has 1 aromatic heterocycles. The number of anilines is 1. The number of carbonyl (C=O) groups excluding carboxylic acids is 4. The fourth-order valence-corrected chi connectivity index (χ4v) is 5.21. The highest BCUT2D eigenvalue weighted by Crippen LogP contribution is 2.41. The summed E-state index contributed by atoms with van der Waals surface area (Å²) in [5.74, 6) is -2.51. The number of amides is 2. The fraction of sp³-hybridized carbons (Fsp3) is 0.524. The Labute approximate surface area is 215 Å². The van der Waals surface area contributed by atoms with Crippen LogP contribution in [0, 0.1) is 5.41 Å². The van der Waals surface area contributed by atoms with Gasteiger partial charge in [-0.2, -0.15) is 0 Å². The number of carbonyl (C=O) groups is 4. The minimum absolute atomic E-state index is 0.0296. The minimum Gasteiger partial charge on any atom is -0.425 e. The van der Waals surface area contributed by atoms with E-state index >= 15 is 0 Å². The molecular formula is C21H27N5O8S2. The molecule has 0 spiro atoms. The van der Waals surface area contributed by atoms with Gasteiger partial charge in [-0.3, -0.25) is 19.3 Å². The standard InChI is InChI=1S/C21H27N5O8S2/c1-9(34-19(30)21(2,3)4)33-18(29)14-10(6-32-5)7-35-17-13(16(28)26(14)17)24-15(27)12(25-31)11-8-36-20(22)23-11/h8-9,13,17,31H,6-7H2,1-5H3,(H2,22,23)(H,24,27)/b25-12-/t9-,13-,17+/m1/s1. The van der Waals surface area contributed by atoms with Crippen LogP contribution in [-0.4, -0.2) is 81.7 Å². The van der Waals surface area contributed by atoms with E-state index in [4.69, 9.17) is 19.9 Å². The summed E-state index contributed by atoms with van der Waals surface area (Å²) in [6.45, 7) is 6.45. The zero-order valence-electron chi connectivity index (χ0n) is 20.3. The maximum Gasteiger partial charge on any atom is 0.358 e. The van der Waals surface area contributed by atoms with Crippen molar-refractivity contribution in [2.75, 3.05) is 25.2 Å². The second-order valence-electron chi connectivity index (χ2n) is 8.89. The van der Waals surface area contributed by atoms with Crippen molar-refractivity contribution in [3.05, 3.63) is 22.3 Å². The van der Waals surface area contributed by atoms with Crippen LogP contribution in [0.25, 0.3) is 0 Å². The normalized spacial score (nSPS) is 20.9. The number of aromatic nitrogens is 1. The van der Waals surface area contributed by atoms with Crippen LogP contribution in [0.15, 0.2) is 21.8 Å². The molecule has 1 saturated heterocycles. The molecule has 13 nitrogen and oxygen atoms in total. The molecule has 0 aliphatic carbocycles. The first-order chi connectivity index (χ1) is 16.9. The molecule has 1 aromatic rings. The van der Waals surface area contributed by atoms with Crippen molar-refractivity contribution in [1.82, 2.24) is 15.2 Å². The van der Waals surface area contributed by atoms with Crippen molar-refractivity contribution >= 4 is 57.7 Å². The maximum atomic E-state index is 13.0. The smallest absolute Gasteiger partial charge is 0.358 e. The SMILES string of the molecule is COCC1=C(C(=O)O[C@@H](C)OC(=O)C(C)(C)C)N2C(=O)[C@@H](NC(=O)/C(=N\O)c3csc(N)n3)[C@@H]2SC1. The van der Waals surface area contributed by atoms with Crippen LogP contribution >= 0.6 is 23.1 Å². The van der Waals surface area contributed by atoms with Crippen molar-refractivity contribution < 1.29 is 38.6 Å². The lowest BCUT2D eigenvalue weighted by Gasteiger charge is -2.49. The molecule has 0 aromatic carbocycles. The summed E-state index contributed by atoms with van der Waals surface area (Å²) >= 11 is 2.37. The van der Waals surface area contributed by atoms with E-state index in [2.05, 4.69) is 15.5 Å². The summed E-state index contributed by atoms with van der Waals surface area (Å²) in [4.78, 5) is 56.0. The number of thiazole rings is 1. The number of methoxy groups -OCH3 is 1. The number of esters is 2. The average molecular weight is 542 g/mol. The summed E-state index contributed by atoms with van der Waals surface area (Å²) in [6, 6.07) is -1.00. The molecule has 2 aliphatic rings. The number of nitrogen functional groups attached to an aromatic ring is 1. The largest absolute Gasteiger partial charge is 0.425 e. The van der Waals surface area contributed by atoms with E-state index in [1.807, 2.05) is 0 Å². The van der Waals surface area contributed by atoms with Gasteiger partial charge in [0.05, 0.1) is 12.0 Å². The lowest BCUT2D eigenvalue weighted by Crippen LogP contribution is -2.71. The molecular weight excluding hydrogens is 514 g/mol. The van der Waals surface area contributed by atoms with Gasteiger partial charge in [0, 0.05) is 25.2 Å². The van der Waals surface area contributed by atoms with Crippen molar-refractivity contribution in [3.63, 3.8) is 0 Å². The van der Waals surface area contributed by atoms with E-state index in [9.17, 15) is 24.4 Å². The Balaban J connectivity index is 1.75. The van der Waals surface area contributed by atoms with Crippen molar-refractivity contribution in [3.8, 4) is 0 Å². The Morgan fingerprint density at radius 3 is 2.61 bits per heavy atom. The van der Waals surface area contributed by atoms with Gasteiger partial charge in [-0.15, -0.1) is 23.1 Å². The number of oxime groups is 1. The van der Waals surface area contributed by atoms with Crippen LogP contribution < -0.4 is 11.1 Å². The number of nitrogens with two attached hydrogens (primary N) is 1. The average Bonchev–Trinajstić information content (AvgIpc) is 3.22. The first kappa shape index (κ1) is 27.4. The summed E-state index contributed by atoms with van der Waals surface area (Å²) < 4.78 is 15.7. The predicted molar refractivity (Wildman–Crippen MR) is 130 cm³/mol. The number of hydrogen-bond acceptors (Lipinski definition) is 13. The van der Waals surface area contributed by atoms with Crippen LogP contribution in [0.3, 0.4) is 0 Å². The first-order valence-corrected chi connectivity index (χ1v) is 12.6. The third-order valence-corrected chi connectivity index (χ3v) is 7.10. The van der Waals surface area contributed by atoms with Crippen LogP contribution in [0.1, 0.15) is 33.4 Å². The van der Waals surface area contributed by atoms with E-state index in [-0.39, 0.29) is 23.1 Å².